The van der Waals surface area contributed by atoms with E-state index in [2.05, 4.69) is 9.88 Å². The largest absolute Gasteiger partial charge is 0.497 e. The van der Waals surface area contributed by atoms with E-state index in [0.29, 0.717) is 28.3 Å². The molecule has 0 atom stereocenters. The van der Waals surface area contributed by atoms with Crippen LogP contribution in [0.25, 0.3) is 11.3 Å². The number of hydrogen-bond acceptors (Lipinski definition) is 5. The monoisotopic (exact) mass is 358 g/mol. The second-order valence-electron chi connectivity index (χ2n) is 5.65. The Morgan fingerprint density at radius 1 is 1.04 bits per heavy atom. The van der Waals surface area contributed by atoms with E-state index in [1.54, 1.807) is 56.5 Å². The topological polar surface area (TPSA) is 81.4 Å². The van der Waals surface area contributed by atoms with Crippen LogP contribution in [0.5, 0.6) is 5.75 Å². The van der Waals surface area contributed by atoms with Crippen molar-refractivity contribution in [1.29, 1.82) is 0 Å². The number of ether oxygens (including phenoxy) is 1. The third-order valence-electron chi connectivity index (χ3n) is 3.73. The molecular weight excluding hydrogens is 340 g/mol. The highest BCUT2D eigenvalue weighted by molar-refractivity contribution is 7.92. The summed E-state index contributed by atoms with van der Waals surface area (Å²) in [4.78, 5) is 0.190. The first-order chi connectivity index (χ1) is 11.9. The molecule has 0 fully saturated rings. The molecule has 0 spiro atoms. The van der Waals surface area contributed by atoms with Crippen molar-refractivity contribution in [2.24, 2.45) is 0 Å². The van der Waals surface area contributed by atoms with Crippen molar-refractivity contribution in [3.05, 3.63) is 59.8 Å². The maximum atomic E-state index is 12.8. The first kappa shape index (κ1) is 17.0. The normalized spacial score (nSPS) is 11.3. The van der Waals surface area contributed by atoms with Crippen LogP contribution in [0.1, 0.15) is 11.3 Å². The van der Waals surface area contributed by atoms with Crippen LogP contribution in [-0.2, 0) is 10.0 Å². The Labute approximate surface area is 146 Å². The molecule has 1 heterocycles. The minimum absolute atomic E-state index is 0.190. The molecule has 0 aliphatic heterocycles. The van der Waals surface area contributed by atoms with Gasteiger partial charge >= 0.3 is 0 Å². The molecule has 0 bridgehead atoms. The van der Waals surface area contributed by atoms with Crippen LogP contribution in [0.4, 0.5) is 5.69 Å². The standard InChI is InChI=1S/C18H18N2O4S/c1-12-4-5-14(17-10-13(2)19-24-17)11-18(12)25(21,22)20-15-6-8-16(23-3)9-7-15/h4-11,20H,1-3H3. The van der Waals surface area contributed by atoms with E-state index in [9.17, 15) is 8.42 Å². The molecule has 130 valence electrons. The summed E-state index contributed by atoms with van der Waals surface area (Å²) in [5.41, 5.74) is 2.49. The number of aryl methyl sites for hydroxylation is 2. The predicted molar refractivity (Wildman–Crippen MR) is 95.2 cm³/mol. The van der Waals surface area contributed by atoms with E-state index in [0.717, 1.165) is 5.69 Å². The van der Waals surface area contributed by atoms with E-state index in [1.807, 2.05) is 13.0 Å². The Morgan fingerprint density at radius 3 is 2.36 bits per heavy atom. The molecule has 1 aromatic heterocycles. The van der Waals surface area contributed by atoms with Gasteiger partial charge in [-0.25, -0.2) is 8.42 Å². The molecule has 6 nitrogen and oxygen atoms in total. The first-order valence-corrected chi connectivity index (χ1v) is 9.08. The molecule has 0 aliphatic rings. The van der Waals surface area contributed by atoms with Gasteiger partial charge in [0, 0.05) is 17.3 Å². The predicted octanol–water partition coefficient (Wildman–Crippen LogP) is 3.77. The van der Waals surface area contributed by atoms with Crippen molar-refractivity contribution >= 4 is 15.7 Å². The summed E-state index contributed by atoms with van der Waals surface area (Å²) in [6.07, 6.45) is 0. The van der Waals surface area contributed by atoms with E-state index in [-0.39, 0.29) is 4.90 Å². The van der Waals surface area contributed by atoms with E-state index in [1.165, 1.54) is 0 Å². The van der Waals surface area contributed by atoms with Gasteiger partial charge < -0.3 is 9.26 Å². The summed E-state index contributed by atoms with van der Waals surface area (Å²) in [7, 11) is -2.19. The summed E-state index contributed by atoms with van der Waals surface area (Å²) in [5.74, 6) is 1.18. The molecule has 0 saturated heterocycles. The average molecular weight is 358 g/mol. The highest BCUT2D eigenvalue weighted by Gasteiger charge is 2.19. The number of methoxy groups -OCH3 is 1. The van der Waals surface area contributed by atoms with E-state index < -0.39 is 10.0 Å². The zero-order valence-electron chi connectivity index (χ0n) is 14.1. The van der Waals surface area contributed by atoms with Gasteiger partial charge in [0.15, 0.2) is 5.76 Å². The third-order valence-corrected chi connectivity index (χ3v) is 5.26. The van der Waals surface area contributed by atoms with Gasteiger partial charge in [0.1, 0.15) is 5.75 Å². The number of benzene rings is 2. The fourth-order valence-corrected chi connectivity index (χ4v) is 3.74. The van der Waals surface area contributed by atoms with Gasteiger partial charge in [0.2, 0.25) is 0 Å². The molecular formula is C18H18N2O4S. The van der Waals surface area contributed by atoms with Crippen LogP contribution in [0, 0.1) is 13.8 Å². The summed E-state index contributed by atoms with van der Waals surface area (Å²) in [6.45, 7) is 3.56. The lowest BCUT2D eigenvalue weighted by atomic mass is 10.1. The van der Waals surface area contributed by atoms with Crippen molar-refractivity contribution in [2.75, 3.05) is 11.8 Å². The molecule has 2 aromatic carbocycles. The maximum absolute atomic E-state index is 12.8. The summed E-state index contributed by atoms with van der Waals surface area (Å²) >= 11 is 0. The Balaban J connectivity index is 1.95. The summed E-state index contributed by atoms with van der Waals surface area (Å²) in [6, 6.07) is 13.6. The van der Waals surface area contributed by atoms with Crippen molar-refractivity contribution in [3.63, 3.8) is 0 Å². The quantitative estimate of drug-likeness (QED) is 0.751. The van der Waals surface area contributed by atoms with Gasteiger partial charge in [-0.2, -0.15) is 0 Å². The number of sulfonamides is 1. The lowest BCUT2D eigenvalue weighted by Crippen LogP contribution is -2.14. The fraction of sp³-hybridized carbons (Fsp3) is 0.167. The molecule has 3 rings (SSSR count). The molecule has 0 radical (unpaired) electrons. The lowest BCUT2D eigenvalue weighted by molar-refractivity contribution is 0.415. The van der Waals surface area contributed by atoms with E-state index in [4.69, 9.17) is 9.26 Å². The smallest absolute Gasteiger partial charge is 0.262 e. The second-order valence-corrected chi connectivity index (χ2v) is 7.30. The maximum Gasteiger partial charge on any atom is 0.262 e. The Kier molecular flexibility index (Phi) is 4.50. The minimum atomic E-state index is -3.74. The van der Waals surface area contributed by atoms with Gasteiger partial charge in [-0.15, -0.1) is 0 Å². The molecule has 0 unspecified atom stereocenters. The highest BCUT2D eigenvalue weighted by atomic mass is 32.2. The molecule has 0 aliphatic carbocycles. The van der Waals surface area contributed by atoms with Crippen molar-refractivity contribution < 1.29 is 17.7 Å². The number of nitrogens with zero attached hydrogens (tertiary/aromatic N) is 1. The Hall–Kier alpha value is -2.80. The van der Waals surface area contributed by atoms with Crippen LogP contribution in [0.3, 0.4) is 0 Å². The lowest BCUT2D eigenvalue weighted by Gasteiger charge is -2.12. The molecule has 0 saturated carbocycles. The van der Waals surface area contributed by atoms with Gasteiger partial charge in [-0.1, -0.05) is 17.3 Å². The molecule has 0 amide bonds. The molecule has 7 heteroatoms. The number of rotatable bonds is 5. The highest BCUT2D eigenvalue weighted by Crippen LogP contribution is 2.27. The Bertz CT molecular complexity index is 992. The number of hydrogen-bond donors (Lipinski definition) is 1. The van der Waals surface area contributed by atoms with Crippen LogP contribution in [0.2, 0.25) is 0 Å². The van der Waals surface area contributed by atoms with E-state index >= 15 is 0 Å². The van der Waals surface area contributed by atoms with Crippen LogP contribution >= 0.6 is 0 Å². The second kappa shape index (κ2) is 6.60. The van der Waals surface area contributed by atoms with Crippen LogP contribution < -0.4 is 9.46 Å². The zero-order chi connectivity index (χ0) is 18.0. The number of anilines is 1. The van der Waals surface area contributed by atoms with Crippen molar-refractivity contribution in [1.82, 2.24) is 5.16 Å². The van der Waals surface area contributed by atoms with Crippen molar-refractivity contribution in [2.45, 2.75) is 18.7 Å². The van der Waals surface area contributed by atoms with Gasteiger partial charge in [-0.3, -0.25) is 4.72 Å². The van der Waals surface area contributed by atoms with Crippen molar-refractivity contribution in [3.8, 4) is 17.1 Å². The zero-order valence-corrected chi connectivity index (χ0v) is 14.9. The first-order valence-electron chi connectivity index (χ1n) is 7.60. The summed E-state index contributed by atoms with van der Waals surface area (Å²) in [5, 5.41) is 3.84. The van der Waals surface area contributed by atoms with Gasteiger partial charge in [0.05, 0.1) is 17.7 Å². The number of aromatic nitrogens is 1. The van der Waals surface area contributed by atoms with Gasteiger partial charge in [-0.05, 0) is 49.7 Å². The minimum Gasteiger partial charge on any atom is -0.497 e. The molecule has 25 heavy (non-hydrogen) atoms. The fourth-order valence-electron chi connectivity index (χ4n) is 2.41. The average Bonchev–Trinajstić information content (AvgIpc) is 3.02. The van der Waals surface area contributed by atoms with Crippen LogP contribution in [-0.4, -0.2) is 20.7 Å². The molecule has 1 N–H and O–H groups in total. The summed E-state index contributed by atoms with van der Waals surface area (Å²) < 4.78 is 38.4. The Morgan fingerprint density at radius 2 is 1.76 bits per heavy atom. The SMILES string of the molecule is COc1ccc(NS(=O)(=O)c2cc(-c3cc(C)no3)ccc2C)cc1. The third kappa shape index (κ3) is 3.66. The molecule has 3 aromatic rings. The van der Waals surface area contributed by atoms with Crippen LogP contribution in [0.15, 0.2) is 57.9 Å². The van der Waals surface area contributed by atoms with Gasteiger partial charge in [0.25, 0.3) is 10.0 Å². The number of nitrogens with one attached hydrogen (secondary N) is 1.